The molecule has 1 aromatic carbocycles. The average Bonchev–Trinajstić information content (AvgIpc) is 3.45. The van der Waals surface area contributed by atoms with Crippen molar-refractivity contribution >= 4 is 34.1 Å². The molecule has 1 atom stereocenters. The second kappa shape index (κ2) is 9.88. The van der Waals surface area contributed by atoms with Crippen LogP contribution in [0.4, 0.5) is 0 Å². The van der Waals surface area contributed by atoms with Gasteiger partial charge in [-0.1, -0.05) is 18.2 Å². The lowest BCUT2D eigenvalue weighted by Gasteiger charge is -2.34. The van der Waals surface area contributed by atoms with Crippen LogP contribution in [0.1, 0.15) is 17.2 Å². The minimum Gasteiger partial charge on any atom is -0.379 e. The highest BCUT2D eigenvalue weighted by Crippen LogP contribution is 2.23. The molecular formula is C22H26N4O3S. The number of thiophene rings is 1. The first-order chi connectivity index (χ1) is 14.7. The summed E-state index contributed by atoms with van der Waals surface area (Å²) in [6.45, 7) is 3.79. The van der Waals surface area contributed by atoms with Crippen molar-refractivity contribution in [1.29, 1.82) is 0 Å². The van der Waals surface area contributed by atoms with Gasteiger partial charge < -0.3 is 20.4 Å². The van der Waals surface area contributed by atoms with Crippen molar-refractivity contribution in [2.24, 2.45) is 0 Å². The van der Waals surface area contributed by atoms with E-state index in [4.69, 9.17) is 4.74 Å². The molecular weight excluding hydrogens is 400 g/mol. The van der Waals surface area contributed by atoms with Crippen LogP contribution in [0, 0.1) is 0 Å². The number of ether oxygens (including phenoxy) is 1. The molecule has 0 radical (unpaired) electrons. The Labute approximate surface area is 179 Å². The van der Waals surface area contributed by atoms with Crippen LogP contribution < -0.4 is 10.6 Å². The average molecular weight is 427 g/mol. The minimum atomic E-state index is -0.596. The number of hydrogen-bond donors (Lipinski definition) is 3. The molecule has 0 spiro atoms. The number of carbonyl (C=O) groups excluding carboxylic acids is 2. The molecule has 3 aromatic rings. The van der Waals surface area contributed by atoms with Crippen LogP contribution in [0.3, 0.4) is 0 Å². The van der Waals surface area contributed by atoms with Gasteiger partial charge in [0.1, 0.15) is 0 Å². The van der Waals surface area contributed by atoms with Gasteiger partial charge in [-0.25, -0.2) is 0 Å². The van der Waals surface area contributed by atoms with E-state index in [-0.39, 0.29) is 6.04 Å². The summed E-state index contributed by atoms with van der Waals surface area (Å²) in [5.41, 5.74) is 3.34. The molecule has 1 fully saturated rings. The van der Waals surface area contributed by atoms with E-state index in [9.17, 15) is 9.59 Å². The lowest BCUT2D eigenvalue weighted by Crippen LogP contribution is -2.46. The van der Waals surface area contributed by atoms with E-state index in [0.717, 1.165) is 35.1 Å². The van der Waals surface area contributed by atoms with Gasteiger partial charge in [-0.3, -0.25) is 14.5 Å². The van der Waals surface area contributed by atoms with E-state index < -0.39 is 11.8 Å². The van der Waals surface area contributed by atoms with Crippen molar-refractivity contribution in [3.8, 4) is 0 Å². The smallest absolute Gasteiger partial charge is 0.309 e. The lowest BCUT2D eigenvalue weighted by atomic mass is 10.1. The summed E-state index contributed by atoms with van der Waals surface area (Å²) in [5, 5.41) is 10.8. The van der Waals surface area contributed by atoms with E-state index in [2.05, 4.69) is 32.0 Å². The minimum absolute atomic E-state index is 0.0446. The summed E-state index contributed by atoms with van der Waals surface area (Å²) in [4.78, 5) is 30.1. The second-order valence-electron chi connectivity index (χ2n) is 7.30. The molecule has 1 aliphatic heterocycles. The number of aromatic nitrogens is 1. The molecule has 2 amide bonds. The maximum absolute atomic E-state index is 12.3. The van der Waals surface area contributed by atoms with Crippen LogP contribution in [0.2, 0.25) is 0 Å². The van der Waals surface area contributed by atoms with Crippen molar-refractivity contribution in [3.05, 3.63) is 58.4 Å². The maximum atomic E-state index is 12.3. The largest absolute Gasteiger partial charge is 0.379 e. The molecule has 3 N–H and O–H groups in total. The molecule has 7 nitrogen and oxygen atoms in total. The number of aromatic amines is 1. The number of para-hydroxylation sites is 1. The Morgan fingerprint density at radius 2 is 1.93 bits per heavy atom. The third-order valence-electron chi connectivity index (χ3n) is 5.43. The Bertz CT molecular complexity index is 979. The SMILES string of the molecule is O=C(NCCc1c[nH]c2ccccc12)C(=O)NCC(c1ccsc1)N1CCOCC1. The zero-order chi connectivity index (χ0) is 20.8. The summed E-state index contributed by atoms with van der Waals surface area (Å²) < 4.78 is 5.44. The molecule has 1 aliphatic rings. The Kier molecular flexibility index (Phi) is 6.78. The van der Waals surface area contributed by atoms with Gasteiger partial charge in [-0.05, 0) is 40.4 Å². The van der Waals surface area contributed by atoms with E-state index in [1.807, 2.05) is 35.8 Å². The summed E-state index contributed by atoms with van der Waals surface area (Å²) in [5.74, 6) is -1.19. The Hall–Kier alpha value is -2.68. The first-order valence-electron chi connectivity index (χ1n) is 10.2. The molecule has 1 saturated heterocycles. The van der Waals surface area contributed by atoms with Gasteiger partial charge in [0.2, 0.25) is 0 Å². The first kappa shape index (κ1) is 20.6. The van der Waals surface area contributed by atoms with Gasteiger partial charge in [0.25, 0.3) is 0 Å². The number of fused-ring (bicyclic) bond motifs is 1. The summed E-state index contributed by atoms with van der Waals surface area (Å²) in [7, 11) is 0. The van der Waals surface area contributed by atoms with Gasteiger partial charge in [0.05, 0.1) is 19.3 Å². The van der Waals surface area contributed by atoms with Crippen molar-refractivity contribution in [2.75, 3.05) is 39.4 Å². The Morgan fingerprint density at radius 3 is 2.73 bits per heavy atom. The topological polar surface area (TPSA) is 86.5 Å². The first-order valence-corrected chi connectivity index (χ1v) is 11.1. The fourth-order valence-corrected chi connectivity index (χ4v) is 4.52. The van der Waals surface area contributed by atoms with Crippen molar-refractivity contribution < 1.29 is 14.3 Å². The zero-order valence-corrected chi connectivity index (χ0v) is 17.5. The summed E-state index contributed by atoms with van der Waals surface area (Å²) in [6.07, 6.45) is 2.61. The van der Waals surface area contributed by atoms with E-state index in [0.29, 0.717) is 32.7 Å². The molecule has 8 heteroatoms. The Balaban J connectivity index is 1.27. The highest BCUT2D eigenvalue weighted by Gasteiger charge is 2.24. The van der Waals surface area contributed by atoms with Crippen LogP contribution in [0.25, 0.3) is 10.9 Å². The number of morpholine rings is 1. The number of nitrogens with zero attached hydrogens (tertiary/aromatic N) is 1. The highest BCUT2D eigenvalue weighted by atomic mass is 32.1. The third-order valence-corrected chi connectivity index (χ3v) is 6.13. The molecule has 158 valence electrons. The van der Waals surface area contributed by atoms with E-state index in [1.165, 1.54) is 0 Å². The fourth-order valence-electron chi connectivity index (χ4n) is 3.81. The van der Waals surface area contributed by atoms with Gasteiger partial charge in [-0.15, -0.1) is 0 Å². The second-order valence-corrected chi connectivity index (χ2v) is 8.08. The van der Waals surface area contributed by atoms with Gasteiger partial charge in [-0.2, -0.15) is 11.3 Å². The molecule has 1 unspecified atom stereocenters. The standard InChI is InChI=1S/C22H26N4O3S/c27-21(23-7-5-16-13-24-19-4-2-1-3-18(16)19)22(28)25-14-20(17-6-12-30-15-17)26-8-10-29-11-9-26/h1-4,6,12-13,15,20,24H,5,7-11,14H2,(H,23,27)(H,25,28). The quantitative estimate of drug-likeness (QED) is 0.505. The van der Waals surface area contributed by atoms with E-state index in [1.54, 1.807) is 11.3 Å². The number of nitrogens with one attached hydrogen (secondary N) is 3. The van der Waals surface area contributed by atoms with Gasteiger partial charge in [0, 0.05) is 43.3 Å². The predicted octanol–water partition coefficient (Wildman–Crippen LogP) is 2.08. The fraction of sp³-hybridized carbons (Fsp3) is 0.364. The molecule has 2 aromatic heterocycles. The number of hydrogen-bond acceptors (Lipinski definition) is 5. The maximum Gasteiger partial charge on any atom is 0.309 e. The molecule has 0 bridgehead atoms. The molecule has 4 rings (SSSR count). The third kappa shape index (κ3) is 4.89. The number of rotatable bonds is 7. The molecule has 0 aliphatic carbocycles. The number of amides is 2. The molecule has 3 heterocycles. The number of carbonyl (C=O) groups is 2. The molecule has 30 heavy (non-hydrogen) atoms. The summed E-state index contributed by atoms with van der Waals surface area (Å²) in [6, 6.07) is 10.1. The van der Waals surface area contributed by atoms with E-state index >= 15 is 0 Å². The van der Waals surface area contributed by atoms with Gasteiger partial charge >= 0.3 is 11.8 Å². The van der Waals surface area contributed by atoms with Crippen molar-refractivity contribution in [2.45, 2.75) is 12.5 Å². The lowest BCUT2D eigenvalue weighted by molar-refractivity contribution is -0.139. The Morgan fingerprint density at radius 1 is 1.13 bits per heavy atom. The van der Waals surface area contributed by atoms with Gasteiger partial charge in [0.15, 0.2) is 0 Å². The van der Waals surface area contributed by atoms with Crippen LogP contribution in [-0.4, -0.2) is 61.1 Å². The van der Waals surface area contributed by atoms with Crippen LogP contribution >= 0.6 is 11.3 Å². The monoisotopic (exact) mass is 426 g/mol. The molecule has 0 saturated carbocycles. The normalized spacial score (nSPS) is 15.7. The number of H-pyrrole nitrogens is 1. The predicted molar refractivity (Wildman–Crippen MR) is 117 cm³/mol. The van der Waals surface area contributed by atoms with Crippen LogP contribution in [0.5, 0.6) is 0 Å². The van der Waals surface area contributed by atoms with Crippen molar-refractivity contribution in [3.63, 3.8) is 0 Å². The number of benzene rings is 1. The summed E-state index contributed by atoms with van der Waals surface area (Å²) >= 11 is 1.63. The highest BCUT2D eigenvalue weighted by molar-refractivity contribution is 7.08. The zero-order valence-electron chi connectivity index (χ0n) is 16.7. The van der Waals surface area contributed by atoms with Crippen LogP contribution in [-0.2, 0) is 20.7 Å². The van der Waals surface area contributed by atoms with Crippen LogP contribution in [0.15, 0.2) is 47.3 Å². The van der Waals surface area contributed by atoms with Crippen molar-refractivity contribution in [1.82, 2.24) is 20.5 Å².